The molecule has 0 aromatic carbocycles. The maximum absolute atomic E-state index is 5.64. The minimum absolute atomic E-state index is 0.377. The lowest BCUT2D eigenvalue weighted by Gasteiger charge is -2.36. The second-order valence-corrected chi connectivity index (χ2v) is 8.28. The van der Waals surface area contributed by atoms with Crippen molar-refractivity contribution in [2.75, 3.05) is 26.7 Å². The highest BCUT2D eigenvalue weighted by Gasteiger charge is 2.25. The minimum Gasteiger partial charge on any atom is -0.444 e. The van der Waals surface area contributed by atoms with Gasteiger partial charge in [0.2, 0.25) is 5.89 Å². The molecule has 6 nitrogen and oxygen atoms in total. The SMILES string of the molecule is CN=C(NCc1nc(C)c(C)o1)NCC(c1cccs1)N1CCC(C)CC1. The maximum Gasteiger partial charge on any atom is 0.214 e. The van der Waals surface area contributed by atoms with Crippen LogP contribution in [0.5, 0.6) is 0 Å². The zero-order valence-corrected chi connectivity index (χ0v) is 17.6. The quantitative estimate of drug-likeness (QED) is 0.585. The van der Waals surface area contributed by atoms with Gasteiger partial charge in [-0.3, -0.25) is 9.89 Å². The summed E-state index contributed by atoms with van der Waals surface area (Å²) in [5.74, 6) is 3.16. The van der Waals surface area contributed by atoms with E-state index in [0.29, 0.717) is 18.5 Å². The molecule has 0 radical (unpaired) electrons. The summed E-state index contributed by atoms with van der Waals surface area (Å²) in [6, 6.07) is 4.76. The number of nitrogens with zero attached hydrogens (tertiary/aromatic N) is 3. The first-order valence-electron chi connectivity index (χ1n) is 9.71. The van der Waals surface area contributed by atoms with Crippen LogP contribution in [0.2, 0.25) is 0 Å². The van der Waals surface area contributed by atoms with E-state index in [1.807, 2.05) is 25.2 Å². The standard InChI is InChI=1S/C20H31N5OS/c1-14-7-9-25(10-8-14)17(18-6-5-11-27-18)12-22-20(21-4)23-13-19-24-15(2)16(3)26-19/h5-6,11,14,17H,7-10,12-13H2,1-4H3,(H2,21,22,23). The van der Waals surface area contributed by atoms with Crippen LogP contribution in [0, 0.1) is 19.8 Å². The maximum atomic E-state index is 5.64. The van der Waals surface area contributed by atoms with Crippen molar-refractivity contribution >= 4 is 17.3 Å². The molecule has 148 valence electrons. The van der Waals surface area contributed by atoms with Gasteiger partial charge in [0.15, 0.2) is 5.96 Å². The molecule has 2 N–H and O–H groups in total. The molecule has 0 aliphatic carbocycles. The Morgan fingerprint density at radius 1 is 1.37 bits per heavy atom. The Morgan fingerprint density at radius 3 is 2.74 bits per heavy atom. The van der Waals surface area contributed by atoms with Gasteiger partial charge in [-0.15, -0.1) is 11.3 Å². The van der Waals surface area contributed by atoms with Crippen molar-refractivity contribution in [1.82, 2.24) is 20.5 Å². The number of hydrogen-bond acceptors (Lipinski definition) is 5. The topological polar surface area (TPSA) is 65.7 Å². The van der Waals surface area contributed by atoms with Crippen LogP contribution in [0.1, 0.15) is 48.0 Å². The second-order valence-electron chi connectivity index (χ2n) is 7.31. The number of aliphatic imine (C=N–C) groups is 1. The van der Waals surface area contributed by atoms with Gasteiger partial charge in [0, 0.05) is 18.5 Å². The van der Waals surface area contributed by atoms with Gasteiger partial charge in [-0.1, -0.05) is 13.0 Å². The average molecular weight is 390 g/mol. The van der Waals surface area contributed by atoms with Gasteiger partial charge in [-0.2, -0.15) is 0 Å². The summed E-state index contributed by atoms with van der Waals surface area (Å²) in [6.07, 6.45) is 2.55. The molecule has 0 bridgehead atoms. The third kappa shape index (κ3) is 5.32. The summed E-state index contributed by atoms with van der Waals surface area (Å²) in [5, 5.41) is 8.96. The Morgan fingerprint density at radius 2 is 2.15 bits per heavy atom. The van der Waals surface area contributed by atoms with Crippen molar-refractivity contribution in [1.29, 1.82) is 0 Å². The summed E-state index contributed by atoms with van der Waals surface area (Å²) >= 11 is 1.83. The van der Waals surface area contributed by atoms with E-state index in [1.165, 1.54) is 17.7 Å². The van der Waals surface area contributed by atoms with Gasteiger partial charge in [-0.05, 0) is 57.1 Å². The third-order valence-electron chi connectivity index (χ3n) is 5.30. The van der Waals surface area contributed by atoms with Crippen molar-refractivity contribution < 1.29 is 4.42 Å². The lowest BCUT2D eigenvalue weighted by Crippen LogP contribution is -2.44. The Balaban J connectivity index is 1.58. The molecule has 1 saturated heterocycles. The summed E-state index contributed by atoms with van der Waals surface area (Å²) in [5.41, 5.74) is 0.937. The van der Waals surface area contributed by atoms with Crippen LogP contribution in [0.3, 0.4) is 0 Å². The first-order chi connectivity index (χ1) is 13.1. The minimum atomic E-state index is 0.377. The molecule has 1 aliphatic heterocycles. The molecule has 3 rings (SSSR count). The van der Waals surface area contributed by atoms with E-state index in [0.717, 1.165) is 43.0 Å². The second kappa shape index (κ2) is 9.37. The molecule has 0 spiro atoms. The molecule has 27 heavy (non-hydrogen) atoms. The number of guanidine groups is 1. The molecule has 1 fully saturated rings. The van der Waals surface area contributed by atoms with E-state index in [4.69, 9.17) is 4.42 Å². The molecule has 7 heteroatoms. The lowest BCUT2D eigenvalue weighted by molar-refractivity contribution is 0.140. The Labute approximate surface area is 166 Å². The van der Waals surface area contributed by atoms with Crippen LogP contribution in [0.25, 0.3) is 0 Å². The third-order valence-corrected chi connectivity index (χ3v) is 6.27. The molecular formula is C20H31N5OS. The van der Waals surface area contributed by atoms with Crippen molar-refractivity contribution in [2.24, 2.45) is 10.9 Å². The van der Waals surface area contributed by atoms with Crippen molar-refractivity contribution in [3.8, 4) is 0 Å². The summed E-state index contributed by atoms with van der Waals surface area (Å²) in [4.78, 5) is 12.8. The van der Waals surface area contributed by atoms with E-state index >= 15 is 0 Å². The highest BCUT2D eigenvalue weighted by atomic mass is 32.1. The number of likely N-dealkylation sites (tertiary alicyclic amines) is 1. The molecular weight excluding hydrogens is 358 g/mol. The molecule has 0 saturated carbocycles. The highest BCUT2D eigenvalue weighted by molar-refractivity contribution is 7.10. The van der Waals surface area contributed by atoms with E-state index < -0.39 is 0 Å². The van der Waals surface area contributed by atoms with Gasteiger partial charge in [0.05, 0.1) is 18.3 Å². The largest absolute Gasteiger partial charge is 0.444 e. The first-order valence-corrected chi connectivity index (χ1v) is 10.6. The van der Waals surface area contributed by atoms with Gasteiger partial charge in [-0.25, -0.2) is 4.98 Å². The van der Waals surface area contributed by atoms with Crippen LogP contribution in [0.15, 0.2) is 26.9 Å². The number of nitrogens with one attached hydrogen (secondary N) is 2. The zero-order chi connectivity index (χ0) is 19.2. The van der Waals surface area contributed by atoms with Crippen molar-refractivity contribution in [3.63, 3.8) is 0 Å². The lowest BCUT2D eigenvalue weighted by atomic mass is 9.97. The smallest absolute Gasteiger partial charge is 0.214 e. The van der Waals surface area contributed by atoms with Gasteiger partial charge < -0.3 is 15.1 Å². The molecule has 2 aromatic heterocycles. The molecule has 0 amide bonds. The Bertz CT molecular complexity index is 712. The average Bonchev–Trinajstić information content (AvgIpc) is 3.30. The fourth-order valence-electron chi connectivity index (χ4n) is 3.42. The van der Waals surface area contributed by atoms with Gasteiger partial charge >= 0.3 is 0 Å². The van der Waals surface area contributed by atoms with Crippen molar-refractivity contribution in [3.05, 3.63) is 39.7 Å². The molecule has 2 aromatic rings. The number of thiophene rings is 1. The van der Waals surface area contributed by atoms with Crippen LogP contribution in [-0.2, 0) is 6.54 Å². The van der Waals surface area contributed by atoms with Crippen LogP contribution >= 0.6 is 11.3 Å². The number of rotatable bonds is 6. The van der Waals surface area contributed by atoms with E-state index in [2.05, 4.69) is 49.9 Å². The number of oxazole rings is 1. The highest BCUT2D eigenvalue weighted by Crippen LogP contribution is 2.29. The Kier molecular flexibility index (Phi) is 6.90. The Hall–Kier alpha value is -1.86. The summed E-state index contributed by atoms with van der Waals surface area (Å²) in [7, 11) is 1.80. The summed E-state index contributed by atoms with van der Waals surface area (Å²) in [6.45, 7) is 9.92. The van der Waals surface area contributed by atoms with Crippen LogP contribution in [0.4, 0.5) is 0 Å². The fraction of sp³-hybridized carbons (Fsp3) is 0.600. The number of piperidine rings is 1. The first kappa shape index (κ1) is 19.9. The van der Waals surface area contributed by atoms with E-state index in [1.54, 1.807) is 7.05 Å². The van der Waals surface area contributed by atoms with Gasteiger partial charge in [0.1, 0.15) is 5.76 Å². The van der Waals surface area contributed by atoms with Crippen LogP contribution in [-0.4, -0.2) is 42.5 Å². The number of hydrogen-bond donors (Lipinski definition) is 2. The summed E-state index contributed by atoms with van der Waals surface area (Å²) < 4.78 is 5.64. The normalized spacial score (nSPS) is 17.9. The fourth-order valence-corrected chi connectivity index (χ4v) is 4.28. The molecule has 3 heterocycles. The molecule has 1 atom stereocenters. The predicted molar refractivity (Wildman–Crippen MR) is 111 cm³/mol. The van der Waals surface area contributed by atoms with E-state index in [-0.39, 0.29) is 0 Å². The van der Waals surface area contributed by atoms with Gasteiger partial charge in [0.25, 0.3) is 0 Å². The number of aryl methyl sites for hydroxylation is 2. The molecule has 1 aliphatic rings. The zero-order valence-electron chi connectivity index (χ0n) is 16.8. The van der Waals surface area contributed by atoms with Crippen molar-refractivity contribution in [2.45, 2.75) is 46.2 Å². The molecule has 1 unspecified atom stereocenters. The predicted octanol–water partition coefficient (Wildman–Crippen LogP) is 3.49. The van der Waals surface area contributed by atoms with Crippen LogP contribution < -0.4 is 10.6 Å². The monoisotopic (exact) mass is 389 g/mol. The van der Waals surface area contributed by atoms with E-state index in [9.17, 15) is 0 Å². The number of aromatic nitrogens is 1.